The molecule has 2 aromatic rings. The van der Waals surface area contributed by atoms with Crippen LogP contribution in [-0.4, -0.2) is 13.0 Å². The summed E-state index contributed by atoms with van der Waals surface area (Å²) in [6, 6.07) is 13.7. The summed E-state index contributed by atoms with van der Waals surface area (Å²) in [6.45, 7) is 0.589. The number of carbonyl (C=O) groups is 1. The third kappa shape index (κ3) is 2.20. The number of benzene rings is 2. The Morgan fingerprint density at radius 1 is 1.25 bits per heavy atom. The first-order chi connectivity index (χ1) is 9.67. The van der Waals surface area contributed by atoms with Gasteiger partial charge in [0.25, 0.3) is 0 Å². The summed E-state index contributed by atoms with van der Waals surface area (Å²) >= 11 is 0. The van der Waals surface area contributed by atoms with Gasteiger partial charge in [-0.2, -0.15) is 0 Å². The second-order valence-corrected chi connectivity index (χ2v) is 5.00. The summed E-state index contributed by atoms with van der Waals surface area (Å²) in [4.78, 5) is 14.0. The summed E-state index contributed by atoms with van der Waals surface area (Å²) in [5.74, 6) is 0.125. The molecule has 1 aliphatic heterocycles. The predicted octanol–water partition coefficient (Wildman–Crippen LogP) is 2.40. The minimum Gasteiger partial charge on any atom is -0.399 e. The first kappa shape index (κ1) is 12.5. The summed E-state index contributed by atoms with van der Waals surface area (Å²) in [6.07, 6.45) is 0.437. The van der Waals surface area contributed by atoms with E-state index < -0.39 is 0 Å². The molecule has 0 radical (unpaired) electrons. The van der Waals surface area contributed by atoms with E-state index in [4.69, 9.17) is 5.73 Å². The minimum atomic E-state index is 0.125. The zero-order chi connectivity index (χ0) is 14.1. The Kier molecular flexibility index (Phi) is 3.06. The van der Waals surface area contributed by atoms with Gasteiger partial charge in [-0.25, -0.2) is 0 Å². The number of nitrogen functional groups attached to an aromatic ring is 1. The largest absolute Gasteiger partial charge is 0.399 e. The maximum atomic E-state index is 12.2. The van der Waals surface area contributed by atoms with Crippen molar-refractivity contribution >= 4 is 23.0 Å². The maximum Gasteiger partial charge on any atom is 0.231 e. The first-order valence-electron chi connectivity index (χ1n) is 6.63. The highest BCUT2D eigenvalue weighted by molar-refractivity contribution is 6.01. The lowest BCUT2D eigenvalue weighted by molar-refractivity contribution is -0.117. The van der Waals surface area contributed by atoms with Gasteiger partial charge in [0.1, 0.15) is 0 Å². The quantitative estimate of drug-likeness (QED) is 0.840. The van der Waals surface area contributed by atoms with Crippen LogP contribution >= 0.6 is 0 Å². The molecule has 0 bridgehead atoms. The fourth-order valence-corrected chi connectivity index (χ4v) is 2.58. The lowest BCUT2D eigenvalue weighted by atomic mass is 10.1. The molecular weight excluding hydrogens is 250 g/mol. The van der Waals surface area contributed by atoms with Crippen molar-refractivity contribution in [1.82, 2.24) is 0 Å². The molecule has 1 aliphatic rings. The van der Waals surface area contributed by atoms with Crippen molar-refractivity contribution in [2.24, 2.45) is 0 Å². The van der Waals surface area contributed by atoms with E-state index in [9.17, 15) is 4.79 Å². The van der Waals surface area contributed by atoms with Crippen molar-refractivity contribution < 1.29 is 4.79 Å². The molecule has 0 unspecified atom stereocenters. The number of hydrogen-bond acceptors (Lipinski definition) is 3. The highest BCUT2D eigenvalue weighted by Gasteiger charge is 2.27. The van der Waals surface area contributed by atoms with Crippen LogP contribution in [0.2, 0.25) is 0 Å². The summed E-state index contributed by atoms with van der Waals surface area (Å²) in [7, 11) is 1.89. The summed E-state index contributed by atoms with van der Waals surface area (Å²) in [5.41, 5.74) is 10.6. The van der Waals surface area contributed by atoms with E-state index in [1.807, 2.05) is 48.3 Å². The van der Waals surface area contributed by atoms with Crippen LogP contribution in [-0.2, 0) is 17.8 Å². The Hall–Kier alpha value is -2.49. The molecular formula is C16H17N3O. The molecule has 0 saturated carbocycles. The standard InChI is InChI=1S/C16H17N3O/c1-18-14-4-2-3-11(7-14)10-19-15-6-5-13(17)8-12(15)9-16(19)20/h2-8,18H,9-10,17H2,1H3. The molecule has 0 atom stereocenters. The van der Waals surface area contributed by atoms with Gasteiger partial charge in [0.05, 0.1) is 13.0 Å². The maximum absolute atomic E-state index is 12.2. The Labute approximate surface area is 118 Å². The normalized spacial score (nSPS) is 13.4. The van der Waals surface area contributed by atoms with Crippen LogP contribution in [0, 0.1) is 0 Å². The van der Waals surface area contributed by atoms with Gasteiger partial charge < -0.3 is 16.0 Å². The molecule has 1 amide bonds. The van der Waals surface area contributed by atoms with Crippen molar-refractivity contribution in [2.45, 2.75) is 13.0 Å². The van der Waals surface area contributed by atoms with Crippen molar-refractivity contribution in [1.29, 1.82) is 0 Å². The Morgan fingerprint density at radius 3 is 2.90 bits per heavy atom. The van der Waals surface area contributed by atoms with Gasteiger partial charge in [-0.15, -0.1) is 0 Å². The molecule has 0 fully saturated rings. The lowest BCUT2D eigenvalue weighted by Gasteiger charge is -2.18. The van der Waals surface area contributed by atoms with Gasteiger partial charge in [-0.3, -0.25) is 4.79 Å². The van der Waals surface area contributed by atoms with E-state index >= 15 is 0 Å². The van der Waals surface area contributed by atoms with Crippen LogP contribution in [0.4, 0.5) is 17.1 Å². The van der Waals surface area contributed by atoms with Gasteiger partial charge in [-0.1, -0.05) is 12.1 Å². The zero-order valence-corrected chi connectivity index (χ0v) is 11.4. The highest BCUT2D eigenvalue weighted by Crippen LogP contribution is 2.31. The number of fused-ring (bicyclic) bond motifs is 1. The van der Waals surface area contributed by atoms with Gasteiger partial charge in [0.2, 0.25) is 5.91 Å². The second kappa shape index (κ2) is 4.89. The summed E-state index contributed by atoms with van der Waals surface area (Å²) in [5, 5.41) is 3.11. The average molecular weight is 267 g/mol. The SMILES string of the molecule is CNc1cccc(CN2C(=O)Cc3cc(N)ccc32)c1. The molecule has 4 nitrogen and oxygen atoms in total. The van der Waals surface area contributed by atoms with Crippen LogP contribution in [0.5, 0.6) is 0 Å². The van der Waals surface area contributed by atoms with Crippen molar-refractivity contribution in [3.8, 4) is 0 Å². The van der Waals surface area contributed by atoms with Gasteiger partial charge in [-0.05, 0) is 41.5 Å². The Bertz CT molecular complexity index is 667. The summed E-state index contributed by atoms with van der Waals surface area (Å²) < 4.78 is 0. The third-order valence-corrected chi connectivity index (χ3v) is 3.59. The Balaban J connectivity index is 1.90. The van der Waals surface area contributed by atoms with E-state index in [0.717, 1.165) is 22.5 Å². The van der Waals surface area contributed by atoms with E-state index in [0.29, 0.717) is 18.7 Å². The second-order valence-electron chi connectivity index (χ2n) is 5.00. The van der Waals surface area contributed by atoms with Crippen molar-refractivity contribution in [3.05, 3.63) is 53.6 Å². The molecule has 102 valence electrons. The number of nitrogens with two attached hydrogens (primary N) is 1. The molecule has 2 aromatic carbocycles. The molecule has 0 spiro atoms. The lowest BCUT2D eigenvalue weighted by Crippen LogP contribution is -2.25. The van der Waals surface area contributed by atoms with E-state index in [1.54, 1.807) is 0 Å². The fourth-order valence-electron chi connectivity index (χ4n) is 2.58. The smallest absolute Gasteiger partial charge is 0.231 e. The van der Waals surface area contributed by atoms with Crippen molar-refractivity contribution in [2.75, 3.05) is 23.0 Å². The highest BCUT2D eigenvalue weighted by atomic mass is 16.2. The molecule has 0 aromatic heterocycles. The molecule has 3 rings (SSSR count). The van der Waals surface area contributed by atoms with E-state index in [-0.39, 0.29) is 5.91 Å². The molecule has 20 heavy (non-hydrogen) atoms. The van der Waals surface area contributed by atoms with Crippen LogP contribution in [0.1, 0.15) is 11.1 Å². The van der Waals surface area contributed by atoms with E-state index in [2.05, 4.69) is 11.4 Å². The molecule has 3 N–H and O–H groups in total. The van der Waals surface area contributed by atoms with Crippen LogP contribution in [0.25, 0.3) is 0 Å². The molecule has 4 heteroatoms. The topological polar surface area (TPSA) is 58.4 Å². The van der Waals surface area contributed by atoms with Crippen LogP contribution in [0.3, 0.4) is 0 Å². The van der Waals surface area contributed by atoms with Crippen molar-refractivity contribution in [3.63, 3.8) is 0 Å². The average Bonchev–Trinajstić information content (AvgIpc) is 2.74. The Morgan fingerprint density at radius 2 is 2.10 bits per heavy atom. The number of anilines is 3. The number of nitrogens with one attached hydrogen (secondary N) is 1. The predicted molar refractivity (Wildman–Crippen MR) is 81.7 cm³/mol. The number of rotatable bonds is 3. The van der Waals surface area contributed by atoms with Gasteiger partial charge in [0.15, 0.2) is 0 Å². The van der Waals surface area contributed by atoms with E-state index in [1.165, 1.54) is 0 Å². The van der Waals surface area contributed by atoms with Crippen LogP contribution in [0.15, 0.2) is 42.5 Å². The number of carbonyl (C=O) groups excluding carboxylic acids is 1. The number of hydrogen-bond donors (Lipinski definition) is 2. The monoisotopic (exact) mass is 267 g/mol. The molecule has 1 heterocycles. The van der Waals surface area contributed by atoms with Gasteiger partial charge >= 0.3 is 0 Å². The molecule has 0 aliphatic carbocycles. The zero-order valence-electron chi connectivity index (χ0n) is 11.4. The molecule has 0 saturated heterocycles. The number of nitrogens with zero attached hydrogens (tertiary/aromatic N) is 1. The van der Waals surface area contributed by atoms with Crippen LogP contribution < -0.4 is 16.0 Å². The first-order valence-corrected chi connectivity index (χ1v) is 6.63. The third-order valence-electron chi connectivity index (χ3n) is 3.59. The number of amides is 1. The minimum absolute atomic E-state index is 0.125. The fraction of sp³-hybridized carbons (Fsp3) is 0.188. The van der Waals surface area contributed by atoms with Gasteiger partial charge in [0, 0.05) is 24.1 Å².